The van der Waals surface area contributed by atoms with Crippen molar-refractivity contribution >= 4 is 11.6 Å². The van der Waals surface area contributed by atoms with E-state index in [4.69, 9.17) is 0 Å². The third kappa shape index (κ3) is 2.24. The van der Waals surface area contributed by atoms with E-state index in [-0.39, 0.29) is 27.9 Å². The number of carbonyl (C=O) groups is 2. The van der Waals surface area contributed by atoms with Crippen molar-refractivity contribution in [3.63, 3.8) is 0 Å². The summed E-state index contributed by atoms with van der Waals surface area (Å²) in [5, 5.41) is 11.8. The summed E-state index contributed by atoms with van der Waals surface area (Å²) < 4.78 is 0. The van der Waals surface area contributed by atoms with Crippen LogP contribution < -0.4 is 0 Å². The van der Waals surface area contributed by atoms with Gasteiger partial charge in [0.15, 0.2) is 0 Å². The van der Waals surface area contributed by atoms with Crippen LogP contribution in [0.1, 0.15) is 98.3 Å². The number of hydrogen-bond acceptors (Lipinski definition) is 3. The predicted molar refractivity (Wildman–Crippen MR) is 113 cm³/mol. The van der Waals surface area contributed by atoms with E-state index in [2.05, 4.69) is 20.8 Å². The van der Waals surface area contributed by atoms with Gasteiger partial charge in [0, 0.05) is 23.7 Å². The summed E-state index contributed by atoms with van der Waals surface area (Å²) in [6, 6.07) is 0. The van der Waals surface area contributed by atoms with Gasteiger partial charge in [0.25, 0.3) is 0 Å². The highest BCUT2D eigenvalue weighted by atomic mass is 16.3. The molecule has 0 heterocycles. The molecular formula is C26H40O3. The Labute approximate surface area is 176 Å². The van der Waals surface area contributed by atoms with E-state index in [0.717, 1.165) is 32.1 Å². The van der Waals surface area contributed by atoms with Gasteiger partial charge in [0.2, 0.25) is 0 Å². The van der Waals surface area contributed by atoms with Gasteiger partial charge < -0.3 is 5.11 Å². The van der Waals surface area contributed by atoms with Crippen molar-refractivity contribution in [2.45, 2.75) is 104 Å². The van der Waals surface area contributed by atoms with Crippen molar-refractivity contribution in [2.75, 3.05) is 0 Å². The maximum atomic E-state index is 13.2. The monoisotopic (exact) mass is 400 g/mol. The fourth-order valence-electron chi connectivity index (χ4n) is 10.3. The van der Waals surface area contributed by atoms with Crippen LogP contribution in [0.3, 0.4) is 0 Å². The zero-order valence-corrected chi connectivity index (χ0v) is 18.9. The van der Waals surface area contributed by atoms with Gasteiger partial charge in [0.05, 0.1) is 5.60 Å². The van der Waals surface area contributed by atoms with Gasteiger partial charge in [-0.05, 0) is 86.9 Å². The van der Waals surface area contributed by atoms with Crippen LogP contribution in [-0.2, 0) is 9.59 Å². The minimum absolute atomic E-state index is 0.0959. The van der Waals surface area contributed by atoms with Gasteiger partial charge in [-0.1, -0.05) is 33.6 Å². The lowest BCUT2D eigenvalue weighted by molar-refractivity contribution is -0.230. The van der Waals surface area contributed by atoms with Gasteiger partial charge >= 0.3 is 0 Å². The number of ketones is 2. The molecule has 5 aliphatic rings. The van der Waals surface area contributed by atoms with Crippen LogP contribution in [0.2, 0.25) is 0 Å². The van der Waals surface area contributed by atoms with Crippen molar-refractivity contribution in [2.24, 2.45) is 45.8 Å². The molecule has 9 atom stereocenters. The van der Waals surface area contributed by atoms with Gasteiger partial charge in [-0.25, -0.2) is 0 Å². The second-order valence-electron chi connectivity index (χ2n) is 12.2. The normalized spacial score (nSPS) is 56.7. The number of Topliss-reactive ketones (excluding diaryl/α,β-unsaturated/α-hetero) is 2. The van der Waals surface area contributed by atoms with Crippen molar-refractivity contribution in [3.8, 4) is 0 Å². The van der Waals surface area contributed by atoms with Crippen molar-refractivity contribution in [1.29, 1.82) is 0 Å². The fourth-order valence-corrected chi connectivity index (χ4v) is 10.3. The summed E-state index contributed by atoms with van der Waals surface area (Å²) in [6.07, 6.45) is 11.2. The van der Waals surface area contributed by atoms with Crippen LogP contribution >= 0.6 is 0 Å². The molecule has 0 amide bonds. The first kappa shape index (κ1) is 20.2. The van der Waals surface area contributed by atoms with Gasteiger partial charge in [-0.3, -0.25) is 9.59 Å². The Morgan fingerprint density at radius 1 is 1.00 bits per heavy atom. The Balaban J connectivity index is 1.56. The Kier molecular flexibility index (Phi) is 4.30. The molecule has 0 aliphatic heterocycles. The van der Waals surface area contributed by atoms with Crippen LogP contribution in [0.5, 0.6) is 0 Å². The summed E-state index contributed by atoms with van der Waals surface area (Å²) in [5.41, 5.74) is -0.953. The molecule has 0 unspecified atom stereocenters. The van der Waals surface area contributed by atoms with E-state index >= 15 is 0 Å². The number of carbonyl (C=O) groups excluding carboxylic acids is 2. The van der Waals surface area contributed by atoms with Crippen LogP contribution in [0.25, 0.3) is 0 Å². The lowest BCUT2D eigenvalue weighted by atomic mass is 9.40. The average Bonchev–Trinajstić information content (AvgIpc) is 2.95. The molecule has 0 aromatic rings. The van der Waals surface area contributed by atoms with Crippen molar-refractivity contribution in [3.05, 3.63) is 0 Å². The van der Waals surface area contributed by atoms with E-state index in [0.29, 0.717) is 42.3 Å². The first-order chi connectivity index (χ1) is 13.6. The standard InChI is InChI=1S/C26H40O3/c1-16-13-20-21(24(4)11-8-19(28)15-26(16,24)29)9-12-23(3)22(20)14-18-7-5-6-10-25(18,23)17(2)27/h16,18,20-22,29H,5-15H2,1-4H3/t16-,18-,20-,21+,22-,23+,24-,25+,26+/m1/s1. The van der Waals surface area contributed by atoms with Gasteiger partial charge in [0.1, 0.15) is 11.6 Å². The minimum atomic E-state index is -0.832. The summed E-state index contributed by atoms with van der Waals surface area (Å²) in [6.45, 7) is 8.85. The molecule has 162 valence electrons. The van der Waals surface area contributed by atoms with Crippen molar-refractivity contribution in [1.82, 2.24) is 0 Å². The Morgan fingerprint density at radius 3 is 2.48 bits per heavy atom. The first-order valence-electron chi connectivity index (χ1n) is 12.4. The Bertz CT molecular complexity index is 744. The largest absolute Gasteiger partial charge is 0.389 e. The maximum absolute atomic E-state index is 13.2. The van der Waals surface area contributed by atoms with Gasteiger partial charge in [-0.15, -0.1) is 0 Å². The summed E-state index contributed by atoms with van der Waals surface area (Å²) in [7, 11) is 0. The highest BCUT2D eigenvalue weighted by Gasteiger charge is 2.71. The first-order valence-corrected chi connectivity index (χ1v) is 12.4. The highest BCUT2D eigenvalue weighted by Crippen LogP contribution is 2.75. The molecule has 5 fully saturated rings. The number of fused-ring (bicyclic) bond motifs is 7. The second-order valence-corrected chi connectivity index (χ2v) is 12.2. The molecule has 0 aromatic heterocycles. The average molecular weight is 401 g/mol. The molecule has 3 nitrogen and oxygen atoms in total. The van der Waals surface area contributed by atoms with Crippen molar-refractivity contribution < 1.29 is 14.7 Å². The van der Waals surface area contributed by atoms with E-state index in [1.165, 1.54) is 25.7 Å². The van der Waals surface area contributed by atoms with Crippen LogP contribution in [-0.4, -0.2) is 22.3 Å². The summed E-state index contributed by atoms with van der Waals surface area (Å²) >= 11 is 0. The molecule has 0 aromatic carbocycles. The predicted octanol–water partition coefficient (Wildman–Crippen LogP) is 5.33. The summed E-state index contributed by atoms with van der Waals surface area (Å²) in [5.74, 6) is 3.15. The summed E-state index contributed by atoms with van der Waals surface area (Å²) in [4.78, 5) is 25.5. The number of hydrogen-bond donors (Lipinski definition) is 1. The van der Waals surface area contributed by atoms with Gasteiger partial charge in [-0.2, -0.15) is 0 Å². The van der Waals surface area contributed by atoms with Crippen LogP contribution in [0.15, 0.2) is 0 Å². The zero-order chi connectivity index (χ0) is 20.8. The zero-order valence-electron chi connectivity index (χ0n) is 18.9. The minimum Gasteiger partial charge on any atom is -0.389 e. The van der Waals surface area contributed by atoms with Crippen LogP contribution in [0, 0.1) is 45.8 Å². The fraction of sp³-hybridized carbons (Fsp3) is 0.923. The molecule has 0 saturated heterocycles. The quantitative estimate of drug-likeness (QED) is 0.647. The molecule has 0 bridgehead atoms. The third-order valence-corrected chi connectivity index (χ3v) is 11.7. The molecule has 5 aliphatic carbocycles. The molecule has 29 heavy (non-hydrogen) atoms. The lowest BCUT2D eigenvalue weighted by Gasteiger charge is -2.66. The molecule has 0 spiro atoms. The van der Waals surface area contributed by atoms with E-state index in [1.54, 1.807) is 0 Å². The van der Waals surface area contributed by atoms with E-state index < -0.39 is 5.60 Å². The topological polar surface area (TPSA) is 54.4 Å². The molecule has 5 saturated carbocycles. The third-order valence-electron chi connectivity index (χ3n) is 11.7. The lowest BCUT2D eigenvalue weighted by Crippen LogP contribution is -2.66. The molecular weight excluding hydrogens is 360 g/mol. The SMILES string of the molecule is CC(=O)[C@@]12CCCC[C@@H]1C[C@@H]1[C@@H]3C[C@@H](C)[C@@]4(O)CC(=O)CC[C@]4(C)[C@H]3CC[C@@]12C. The Morgan fingerprint density at radius 2 is 1.76 bits per heavy atom. The maximum Gasteiger partial charge on any atom is 0.136 e. The number of rotatable bonds is 1. The number of aliphatic hydroxyl groups is 1. The highest BCUT2D eigenvalue weighted by molar-refractivity contribution is 5.84. The molecule has 3 heteroatoms. The molecule has 5 rings (SSSR count). The van der Waals surface area contributed by atoms with E-state index in [1.807, 2.05) is 6.92 Å². The molecule has 1 N–H and O–H groups in total. The Hall–Kier alpha value is -0.700. The van der Waals surface area contributed by atoms with Crippen LogP contribution in [0.4, 0.5) is 0 Å². The van der Waals surface area contributed by atoms with E-state index in [9.17, 15) is 14.7 Å². The smallest absolute Gasteiger partial charge is 0.136 e. The second kappa shape index (κ2) is 6.17. The molecule has 0 radical (unpaired) electrons.